The minimum atomic E-state index is -1.48. The van der Waals surface area contributed by atoms with Crippen molar-refractivity contribution in [2.45, 2.75) is 31.6 Å². The van der Waals surface area contributed by atoms with Crippen LogP contribution in [0.2, 0.25) is 0 Å². The number of anilines is 2. The molecule has 2 N–H and O–H groups in total. The minimum absolute atomic E-state index is 0.195. The van der Waals surface area contributed by atoms with E-state index in [0.717, 1.165) is 16.8 Å². The first kappa shape index (κ1) is 24.4. The van der Waals surface area contributed by atoms with E-state index in [1.165, 1.54) is 12.1 Å². The number of carbonyl (C=O) groups excluding carboxylic acids is 1. The highest BCUT2D eigenvalue weighted by atomic mass is 19.1. The maximum absolute atomic E-state index is 15.9. The van der Waals surface area contributed by atoms with Crippen molar-refractivity contribution in [3.8, 4) is 11.3 Å². The van der Waals surface area contributed by atoms with E-state index in [9.17, 15) is 9.18 Å². The number of nitrogens with zero attached hydrogens (tertiary/aromatic N) is 4. The Labute approximate surface area is 218 Å². The van der Waals surface area contributed by atoms with Crippen LogP contribution in [-0.4, -0.2) is 52.5 Å². The van der Waals surface area contributed by atoms with Crippen LogP contribution in [0.5, 0.6) is 0 Å². The monoisotopic (exact) mass is 518 g/mol. The van der Waals surface area contributed by atoms with Gasteiger partial charge in [-0.05, 0) is 37.9 Å². The van der Waals surface area contributed by atoms with Crippen molar-refractivity contribution < 1.29 is 18.3 Å². The molecule has 1 fully saturated rings. The van der Waals surface area contributed by atoms with Gasteiger partial charge in [0.15, 0.2) is 0 Å². The fourth-order valence-corrected chi connectivity index (χ4v) is 5.35. The summed E-state index contributed by atoms with van der Waals surface area (Å²) in [4.78, 5) is 24.0. The van der Waals surface area contributed by atoms with Crippen molar-refractivity contribution in [1.82, 2.24) is 24.6 Å². The number of hydrogen-bond donors (Lipinski definition) is 2. The van der Waals surface area contributed by atoms with Gasteiger partial charge in [0, 0.05) is 62.5 Å². The third-order valence-electron chi connectivity index (χ3n) is 7.19. The van der Waals surface area contributed by atoms with E-state index in [0.29, 0.717) is 73.1 Å². The van der Waals surface area contributed by atoms with Crippen molar-refractivity contribution in [1.29, 1.82) is 0 Å². The molecule has 2 aliphatic rings. The molecule has 0 aliphatic carbocycles. The molecule has 0 spiro atoms. The average molecular weight is 519 g/mol. The molecule has 2 aliphatic heterocycles. The fraction of sp³-hybridized carbons (Fsp3) is 0.321. The molecule has 1 amide bonds. The number of alkyl halides is 1. The lowest BCUT2D eigenvalue weighted by atomic mass is 9.87. The van der Waals surface area contributed by atoms with Gasteiger partial charge in [-0.1, -0.05) is 12.1 Å². The number of pyridine rings is 2. The molecule has 0 radical (unpaired) electrons. The highest BCUT2D eigenvalue weighted by molar-refractivity contribution is 6.06. The molecule has 8 nitrogen and oxygen atoms in total. The third kappa shape index (κ3) is 4.29. The van der Waals surface area contributed by atoms with E-state index in [2.05, 4.69) is 15.6 Å². The first-order valence-corrected chi connectivity index (χ1v) is 12.6. The van der Waals surface area contributed by atoms with Crippen LogP contribution in [0.15, 0.2) is 48.8 Å². The van der Waals surface area contributed by atoms with Gasteiger partial charge < -0.3 is 20.3 Å². The summed E-state index contributed by atoms with van der Waals surface area (Å²) in [6, 6.07) is 10.1. The molecule has 1 aromatic carbocycles. The zero-order chi connectivity index (χ0) is 26.4. The molecule has 0 atom stereocenters. The van der Waals surface area contributed by atoms with Crippen LogP contribution in [0, 0.1) is 5.82 Å². The Morgan fingerprint density at radius 3 is 2.79 bits per heavy atom. The van der Waals surface area contributed by atoms with E-state index in [-0.39, 0.29) is 11.7 Å². The molecule has 3 aromatic heterocycles. The lowest BCUT2D eigenvalue weighted by Crippen LogP contribution is -2.31. The SMILES string of the molecule is CN(C)Cc1nc(Nc2ccc(-c3cnc4cc(F)ccn34)c3c2C(=O)NC3)ccc1C1(F)CCOCC1. The summed E-state index contributed by atoms with van der Waals surface area (Å²) in [5.41, 5.74) is 3.79. The number of hydrogen-bond acceptors (Lipinski definition) is 6. The summed E-state index contributed by atoms with van der Waals surface area (Å²) >= 11 is 0. The van der Waals surface area contributed by atoms with Gasteiger partial charge in [-0.2, -0.15) is 0 Å². The number of fused-ring (bicyclic) bond motifs is 2. The van der Waals surface area contributed by atoms with Crippen molar-refractivity contribution in [3.63, 3.8) is 0 Å². The normalized spacial score (nSPS) is 16.6. The van der Waals surface area contributed by atoms with Gasteiger partial charge in [0.05, 0.1) is 28.8 Å². The molecule has 6 rings (SSSR count). The van der Waals surface area contributed by atoms with Gasteiger partial charge in [0.1, 0.15) is 23.0 Å². The number of carbonyl (C=O) groups is 1. The Bertz CT molecular complexity index is 1540. The van der Waals surface area contributed by atoms with E-state index in [1.54, 1.807) is 28.9 Å². The van der Waals surface area contributed by atoms with Crippen LogP contribution in [0.3, 0.4) is 0 Å². The molecular weight excluding hydrogens is 490 g/mol. The maximum Gasteiger partial charge on any atom is 0.254 e. The van der Waals surface area contributed by atoms with Gasteiger partial charge in [0.2, 0.25) is 0 Å². The molecule has 38 heavy (non-hydrogen) atoms. The Hall–Kier alpha value is -3.89. The molecule has 0 saturated carbocycles. The summed E-state index contributed by atoms with van der Waals surface area (Å²) in [5, 5.41) is 6.21. The van der Waals surface area contributed by atoms with Gasteiger partial charge in [-0.15, -0.1) is 0 Å². The predicted octanol–water partition coefficient (Wildman–Crippen LogP) is 4.56. The number of amides is 1. The number of halogens is 2. The van der Waals surface area contributed by atoms with Gasteiger partial charge in [-0.25, -0.2) is 18.7 Å². The van der Waals surface area contributed by atoms with Crippen LogP contribution < -0.4 is 10.6 Å². The van der Waals surface area contributed by atoms with Crippen molar-refractivity contribution in [2.75, 3.05) is 32.6 Å². The van der Waals surface area contributed by atoms with E-state index in [1.807, 2.05) is 31.1 Å². The van der Waals surface area contributed by atoms with Crippen molar-refractivity contribution in [3.05, 3.63) is 77.0 Å². The van der Waals surface area contributed by atoms with Crippen LogP contribution >= 0.6 is 0 Å². The molecule has 5 heterocycles. The smallest absolute Gasteiger partial charge is 0.254 e. The molecule has 10 heteroatoms. The highest BCUT2D eigenvalue weighted by Crippen LogP contribution is 2.39. The second kappa shape index (κ2) is 9.45. The number of imidazole rings is 1. The van der Waals surface area contributed by atoms with Crippen LogP contribution in [-0.2, 0) is 23.5 Å². The van der Waals surface area contributed by atoms with Crippen LogP contribution in [0.25, 0.3) is 16.9 Å². The zero-order valence-corrected chi connectivity index (χ0v) is 21.2. The highest BCUT2D eigenvalue weighted by Gasteiger charge is 2.37. The molecule has 196 valence electrons. The predicted molar refractivity (Wildman–Crippen MR) is 140 cm³/mol. The summed E-state index contributed by atoms with van der Waals surface area (Å²) in [6.07, 6.45) is 3.90. The molecule has 4 aromatic rings. The maximum atomic E-state index is 15.9. The van der Waals surface area contributed by atoms with Crippen molar-refractivity contribution in [2.24, 2.45) is 0 Å². The lowest BCUT2D eigenvalue weighted by molar-refractivity contribution is -0.0123. The van der Waals surface area contributed by atoms with Crippen LogP contribution in [0.4, 0.5) is 20.3 Å². The summed E-state index contributed by atoms with van der Waals surface area (Å²) in [5.74, 6) is -0.0284. The Kier molecular flexibility index (Phi) is 6.08. The van der Waals surface area contributed by atoms with Crippen molar-refractivity contribution >= 4 is 23.1 Å². The number of rotatable bonds is 6. The van der Waals surface area contributed by atoms with Crippen LogP contribution in [0.1, 0.15) is 40.0 Å². The first-order valence-electron chi connectivity index (χ1n) is 12.6. The summed E-state index contributed by atoms with van der Waals surface area (Å²) < 4.78 is 36.7. The fourth-order valence-electron chi connectivity index (χ4n) is 5.35. The second-order valence-corrected chi connectivity index (χ2v) is 10.0. The Balaban J connectivity index is 1.38. The zero-order valence-electron chi connectivity index (χ0n) is 21.2. The van der Waals surface area contributed by atoms with E-state index >= 15 is 4.39 Å². The number of nitrogens with one attached hydrogen (secondary N) is 2. The standard InChI is InChI=1S/C28H28F2N6O2/c1-35(2)16-22-20(28(30)8-11-38-12-9-28)4-6-24(34-22)33-21-5-3-18(19-14-32-27(37)26(19)21)23-15-31-25-13-17(29)7-10-36(23)25/h3-7,10,13,15H,8-9,11-12,14,16H2,1-2H3,(H,32,37)(H,33,34). The van der Waals surface area contributed by atoms with E-state index in [4.69, 9.17) is 9.72 Å². The number of benzene rings is 1. The Morgan fingerprint density at radius 1 is 1.18 bits per heavy atom. The number of ether oxygens (including phenoxy) is 1. The topological polar surface area (TPSA) is 83.8 Å². The summed E-state index contributed by atoms with van der Waals surface area (Å²) in [7, 11) is 3.84. The van der Waals surface area contributed by atoms with Gasteiger partial charge in [0.25, 0.3) is 5.91 Å². The molecule has 1 saturated heterocycles. The first-order chi connectivity index (χ1) is 18.3. The average Bonchev–Trinajstić information content (AvgIpc) is 3.48. The van der Waals surface area contributed by atoms with E-state index < -0.39 is 5.67 Å². The Morgan fingerprint density at radius 2 is 2.00 bits per heavy atom. The lowest BCUT2D eigenvalue weighted by Gasteiger charge is -2.32. The van der Waals surface area contributed by atoms with Gasteiger partial charge >= 0.3 is 0 Å². The molecular formula is C28H28F2N6O2. The largest absolute Gasteiger partial charge is 0.381 e. The third-order valence-corrected chi connectivity index (χ3v) is 7.19. The summed E-state index contributed by atoms with van der Waals surface area (Å²) in [6.45, 7) is 1.60. The molecule has 0 unspecified atom stereocenters. The molecule has 0 bridgehead atoms. The second-order valence-electron chi connectivity index (χ2n) is 10.0. The minimum Gasteiger partial charge on any atom is -0.381 e. The number of aromatic nitrogens is 3. The van der Waals surface area contributed by atoms with Gasteiger partial charge in [-0.3, -0.25) is 9.20 Å². The quantitative estimate of drug-likeness (QED) is 0.390.